The van der Waals surface area contributed by atoms with Crippen LogP contribution in [0.3, 0.4) is 0 Å². The minimum atomic E-state index is -0.428. The summed E-state index contributed by atoms with van der Waals surface area (Å²) in [6.07, 6.45) is 0. The van der Waals surface area contributed by atoms with Crippen molar-refractivity contribution in [1.29, 1.82) is 0 Å². The molecule has 2 nitrogen and oxygen atoms in total. The second kappa shape index (κ2) is 3.54. The van der Waals surface area contributed by atoms with Crippen LogP contribution in [0.25, 0.3) is 0 Å². The molecule has 1 aromatic rings. The van der Waals surface area contributed by atoms with E-state index in [2.05, 4.69) is 5.32 Å². The van der Waals surface area contributed by atoms with Crippen LogP contribution in [0, 0.1) is 5.82 Å². The lowest BCUT2D eigenvalue weighted by molar-refractivity contribution is -0.114. The average molecular weight is 188 g/mol. The highest BCUT2D eigenvalue weighted by molar-refractivity contribution is 6.33. The molecule has 1 rings (SSSR count). The van der Waals surface area contributed by atoms with Crippen molar-refractivity contribution in [3.63, 3.8) is 0 Å². The number of anilines is 1. The van der Waals surface area contributed by atoms with Gasteiger partial charge in [-0.05, 0) is 18.2 Å². The molecule has 0 atom stereocenters. The maximum Gasteiger partial charge on any atom is 0.221 e. The maximum absolute atomic E-state index is 12.6. The van der Waals surface area contributed by atoms with Gasteiger partial charge in [0.2, 0.25) is 5.91 Å². The molecule has 4 heteroatoms. The Labute approximate surface area is 74.3 Å². The molecule has 0 aromatic heterocycles. The van der Waals surface area contributed by atoms with E-state index < -0.39 is 5.82 Å². The molecule has 64 valence electrons. The number of hydrogen-bond acceptors (Lipinski definition) is 1. The first kappa shape index (κ1) is 9.00. The summed E-state index contributed by atoms with van der Waals surface area (Å²) in [5.41, 5.74) is 0.296. The van der Waals surface area contributed by atoms with E-state index in [1.165, 1.54) is 25.1 Å². The van der Waals surface area contributed by atoms with Crippen LogP contribution in [0.15, 0.2) is 18.2 Å². The van der Waals surface area contributed by atoms with Gasteiger partial charge in [-0.3, -0.25) is 4.79 Å². The van der Waals surface area contributed by atoms with Gasteiger partial charge in [0.25, 0.3) is 0 Å². The zero-order valence-corrected chi connectivity index (χ0v) is 7.15. The van der Waals surface area contributed by atoms with E-state index in [1.807, 2.05) is 0 Å². The van der Waals surface area contributed by atoms with Crippen LogP contribution in [0.1, 0.15) is 6.92 Å². The standard InChI is InChI=1S/C8H7ClFNO/c1-5(12)11-8-4-6(10)2-3-7(8)9/h2-4H,1H3,(H,11,12). The van der Waals surface area contributed by atoms with Gasteiger partial charge in [0.1, 0.15) is 5.82 Å². The van der Waals surface area contributed by atoms with Crippen LogP contribution in [0.5, 0.6) is 0 Å². The Kier molecular flexibility index (Phi) is 2.65. The van der Waals surface area contributed by atoms with Gasteiger partial charge in [0.15, 0.2) is 0 Å². The fourth-order valence-corrected chi connectivity index (χ4v) is 0.948. The molecule has 0 saturated carbocycles. The van der Waals surface area contributed by atoms with Crippen LogP contribution in [0.4, 0.5) is 10.1 Å². The largest absolute Gasteiger partial charge is 0.325 e. The van der Waals surface area contributed by atoms with Gasteiger partial charge in [0.05, 0.1) is 10.7 Å². The Morgan fingerprint density at radius 1 is 1.58 bits per heavy atom. The topological polar surface area (TPSA) is 29.1 Å². The van der Waals surface area contributed by atoms with Gasteiger partial charge in [-0.25, -0.2) is 4.39 Å². The molecule has 0 saturated heterocycles. The van der Waals surface area contributed by atoms with Crippen molar-refractivity contribution in [3.05, 3.63) is 29.0 Å². The number of nitrogens with one attached hydrogen (secondary N) is 1. The third kappa shape index (κ3) is 2.20. The molecule has 0 unspecified atom stereocenters. The van der Waals surface area contributed by atoms with Crippen molar-refractivity contribution >= 4 is 23.2 Å². The summed E-state index contributed by atoms with van der Waals surface area (Å²) in [4.78, 5) is 10.6. The lowest BCUT2D eigenvalue weighted by Gasteiger charge is -2.03. The number of carbonyl (C=O) groups is 1. The summed E-state index contributed by atoms with van der Waals surface area (Å²) in [5.74, 6) is -0.703. The van der Waals surface area contributed by atoms with Crippen molar-refractivity contribution in [2.75, 3.05) is 5.32 Å². The van der Waals surface area contributed by atoms with Crippen LogP contribution in [-0.4, -0.2) is 5.91 Å². The number of halogens is 2. The van der Waals surface area contributed by atoms with Crippen molar-refractivity contribution in [1.82, 2.24) is 0 Å². The highest BCUT2D eigenvalue weighted by Gasteiger charge is 2.02. The van der Waals surface area contributed by atoms with Crippen molar-refractivity contribution in [3.8, 4) is 0 Å². The van der Waals surface area contributed by atoms with E-state index in [4.69, 9.17) is 11.6 Å². The normalized spacial score (nSPS) is 9.58. The third-order valence-electron chi connectivity index (χ3n) is 1.24. The molecule has 1 aromatic carbocycles. The van der Waals surface area contributed by atoms with Crippen molar-refractivity contribution in [2.45, 2.75) is 6.92 Å². The maximum atomic E-state index is 12.6. The van der Waals surface area contributed by atoms with Crippen molar-refractivity contribution < 1.29 is 9.18 Å². The lowest BCUT2D eigenvalue weighted by atomic mass is 10.3. The van der Waals surface area contributed by atoms with Gasteiger partial charge in [-0.1, -0.05) is 11.6 Å². The predicted molar refractivity (Wildman–Crippen MR) is 45.7 cm³/mol. The van der Waals surface area contributed by atoms with Gasteiger partial charge >= 0.3 is 0 Å². The Morgan fingerprint density at radius 2 is 2.25 bits per heavy atom. The Hall–Kier alpha value is -1.09. The van der Waals surface area contributed by atoms with Crippen LogP contribution in [-0.2, 0) is 4.79 Å². The SMILES string of the molecule is CC(=O)Nc1cc(F)ccc1Cl. The molecule has 0 aliphatic rings. The molecule has 1 N–H and O–H groups in total. The third-order valence-corrected chi connectivity index (χ3v) is 1.57. The Bertz CT molecular complexity index is 314. The Balaban J connectivity index is 2.97. The summed E-state index contributed by atoms with van der Waals surface area (Å²) < 4.78 is 12.6. The van der Waals surface area contributed by atoms with Gasteiger partial charge in [0, 0.05) is 6.92 Å². The van der Waals surface area contributed by atoms with E-state index >= 15 is 0 Å². The number of carbonyl (C=O) groups excluding carboxylic acids is 1. The highest BCUT2D eigenvalue weighted by Crippen LogP contribution is 2.21. The molecule has 0 radical (unpaired) electrons. The molecule has 0 bridgehead atoms. The fourth-order valence-electron chi connectivity index (χ4n) is 0.783. The van der Waals surface area contributed by atoms with Gasteiger partial charge in [-0.15, -0.1) is 0 Å². The average Bonchev–Trinajstić information content (AvgIpc) is 1.96. The van der Waals surface area contributed by atoms with E-state index in [0.717, 1.165) is 0 Å². The number of hydrogen-bond donors (Lipinski definition) is 1. The summed E-state index contributed by atoms with van der Waals surface area (Å²) >= 11 is 5.66. The smallest absolute Gasteiger partial charge is 0.221 e. The number of amides is 1. The Morgan fingerprint density at radius 3 is 2.83 bits per heavy atom. The van der Waals surface area contributed by atoms with Crippen LogP contribution < -0.4 is 5.32 Å². The first-order valence-corrected chi connectivity index (χ1v) is 3.70. The monoisotopic (exact) mass is 187 g/mol. The zero-order valence-electron chi connectivity index (χ0n) is 6.40. The van der Waals surface area contributed by atoms with E-state index in [1.54, 1.807) is 0 Å². The van der Waals surface area contributed by atoms with Gasteiger partial charge < -0.3 is 5.32 Å². The summed E-state index contributed by atoms with van der Waals surface area (Å²) in [6, 6.07) is 3.79. The molecule has 12 heavy (non-hydrogen) atoms. The van der Waals surface area contributed by atoms with E-state index in [-0.39, 0.29) is 5.91 Å². The minimum Gasteiger partial charge on any atom is -0.325 e. The quantitative estimate of drug-likeness (QED) is 0.719. The summed E-state index contributed by atoms with van der Waals surface area (Å²) in [7, 11) is 0. The molecule has 0 aliphatic carbocycles. The molecule has 0 heterocycles. The number of benzene rings is 1. The van der Waals surface area contributed by atoms with Crippen LogP contribution >= 0.6 is 11.6 Å². The molecule has 0 spiro atoms. The van der Waals surface area contributed by atoms with E-state index in [0.29, 0.717) is 10.7 Å². The summed E-state index contributed by atoms with van der Waals surface area (Å²) in [6.45, 7) is 1.33. The predicted octanol–water partition coefficient (Wildman–Crippen LogP) is 2.44. The fraction of sp³-hybridized carbons (Fsp3) is 0.125. The van der Waals surface area contributed by atoms with Crippen LogP contribution in [0.2, 0.25) is 5.02 Å². The minimum absolute atomic E-state index is 0.275. The molecule has 0 fully saturated rings. The first-order chi connectivity index (χ1) is 5.59. The second-order valence-electron chi connectivity index (χ2n) is 2.31. The number of rotatable bonds is 1. The van der Waals surface area contributed by atoms with E-state index in [9.17, 15) is 9.18 Å². The molecular weight excluding hydrogens is 181 g/mol. The summed E-state index contributed by atoms with van der Waals surface area (Å²) in [5, 5.41) is 2.73. The lowest BCUT2D eigenvalue weighted by Crippen LogP contribution is -2.06. The molecule has 1 amide bonds. The second-order valence-corrected chi connectivity index (χ2v) is 2.71. The zero-order chi connectivity index (χ0) is 9.14. The van der Waals surface area contributed by atoms with Crippen molar-refractivity contribution in [2.24, 2.45) is 0 Å². The first-order valence-electron chi connectivity index (χ1n) is 3.32. The molecule has 0 aliphatic heterocycles. The van der Waals surface area contributed by atoms with Gasteiger partial charge in [-0.2, -0.15) is 0 Å². The highest BCUT2D eigenvalue weighted by atomic mass is 35.5. The molecular formula is C8H7ClFNO.